The van der Waals surface area contributed by atoms with Gasteiger partial charge in [-0.2, -0.15) is 0 Å². The highest BCUT2D eigenvalue weighted by atomic mass is 35.5. The molecule has 4 aromatic rings. The van der Waals surface area contributed by atoms with Crippen LogP contribution in [-0.2, 0) is 6.42 Å². The van der Waals surface area contributed by atoms with Crippen molar-refractivity contribution in [3.05, 3.63) is 77.6 Å². The maximum absolute atomic E-state index is 6.16. The molecule has 0 fully saturated rings. The van der Waals surface area contributed by atoms with Gasteiger partial charge in [0.25, 0.3) is 0 Å². The predicted octanol–water partition coefficient (Wildman–Crippen LogP) is 4.54. The van der Waals surface area contributed by atoms with Crippen molar-refractivity contribution in [2.75, 3.05) is 11.9 Å². The second-order valence-corrected chi connectivity index (χ2v) is 7.10. The molecule has 2 aromatic carbocycles. The molecule has 0 aliphatic carbocycles. The zero-order valence-electron chi connectivity index (χ0n) is 14.8. The van der Waals surface area contributed by atoms with E-state index in [1.54, 1.807) is 12.4 Å². The summed E-state index contributed by atoms with van der Waals surface area (Å²) < 4.78 is 5.94. The minimum Gasteiger partial charge on any atom is -0.493 e. The van der Waals surface area contributed by atoms with Gasteiger partial charge in [-0.15, -0.1) is 0 Å². The lowest BCUT2D eigenvalue weighted by Gasteiger charge is -2.25. The highest BCUT2D eigenvalue weighted by molar-refractivity contribution is 6.30. The van der Waals surface area contributed by atoms with Crippen molar-refractivity contribution in [3.8, 4) is 5.75 Å². The molecule has 1 aliphatic heterocycles. The quantitative estimate of drug-likeness (QED) is 0.554. The molecule has 3 heterocycles. The Morgan fingerprint density at radius 1 is 1.04 bits per heavy atom. The summed E-state index contributed by atoms with van der Waals surface area (Å²) in [7, 11) is 0. The molecule has 7 heteroatoms. The minimum atomic E-state index is 0.0446. The first kappa shape index (κ1) is 16.9. The number of anilines is 2. The third-order valence-corrected chi connectivity index (χ3v) is 4.97. The van der Waals surface area contributed by atoms with E-state index in [9.17, 15) is 0 Å². The van der Waals surface area contributed by atoms with Crippen LogP contribution in [-0.4, -0.2) is 26.5 Å². The molecule has 0 amide bonds. The molecule has 6 nitrogen and oxygen atoms in total. The Labute approximate surface area is 166 Å². The van der Waals surface area contributed by atoms with Gasteiger partial charge >= 0.3 is 0 Å². The number of rotatable bonds is 3. The summed E-state index contributed by atoms with van der Waals surface area (Å²) in [5.41, 5.74) is 2.73. The molecular weight excluding hydrogens is 374 g/mol. The number of ether oxygens (including phenoxy) is 1. The van der Waals surface area contributed by atoms with Gasteiger partial charge in [0.1, 0.15) is 23.7 Å². The number of hydrogen-bond acceptors (Lipinski definition) is 6. The number of nitrogens with zero attached hydrogens (tertiary/aromatic N) is 4. The number of halogens is 1. The number of hydrogen-bond donors (Lipinski definition) is 1. The van der Waals surface area contributed by atoms with Crippen LogP contribution in [0, 0.1) is 0 Å². The van der Waals surface area contributed by atoms with E-state index in [2.05, 4.69) is 15.3 Å². The number of benzene rings is 2. The van der Waals surface area contributed by atoms with Gasteiger partial charge in [-0.25, -0.2) is 19.9 Å². The Bertz CT molecular complexity index is 1150. The van der Waals surface area contributed by atoms with Crippen molar-refractivity contribution in [2.45, 2.75) is 12.3 Å². The van der Waals surface area contributed by atoms with Crippen molar-refractivity contribution >= 4 is 34.0 Å². The number of fused-ring (bicyclic) bond motifs is 2. The van der Waals surface area contributed by atoms with E-state index in [0.717, 1.165) is 46.0 Å². The van der Waals surface area contributed by atoms with Crippen molar-refractivity contribution in [1.82, 2.24) is 19.9 Å². The first-order chi connectivity index (χ1) is 13.8. The predicted molar refractivity (Wildman–Crippen MR) is 108 cm³/mol. The van der Waals surface area contributed by atoms with Crippen LogP contribution < -0.4 is 10.1 Å². The third kappa shape index (κ3) is 3.23. The van der Waals surface area contributed by atoms with E-state index in [0.29, 0.717) is 11.6 Å². The average Bonchev–Trinajstić information content (AvgIpc) is 2.74. The zero-order chi connectivity index (χ0) is 18.9. The molecule has 5 rings (SSSR count). The molecular formula is C21H16ClN5O. The second-order valence-electron chi connectivity index (χ2n) is 6.66. The largest absolute Gasteiger partial charge is 0.493 e. The molecule has 1 atom stereocenters. The highest BCUT2D eigenvalue weighted by Gasteiger charge is 2.25. The summed E-state index contributed by atoms with van der Waals surface area (Å²) in [5.74, 6) is 2.39. The normalized spacial score (nSPS) is 15.7. The lowest BCUT2D eigenvalue weighted by Crippen LogP contribution is -2.21. The first-order valence-electron chi connectivity index (χ1n) is 8.96. The van der Waals surface area contributed by atoms with Gasteiger partial charge in [-0.05, 0) is 42.3 Å². The fraction of sp³-hybridized carbons (Fsp3) is 0.143. The van der Waals surface area contributed by atoms with E-state index in [4.69, 9.17) is 26.3 Å². The molecule has 138 valence electrons. The molecule has 0 saturated heterocycles. The van der Waals surface area contributed by atoms with Crippen LogP contribution in [0.1, 0.15) is 17.3 Å². The lowest BCUT2D eigenvalue weighted by atomic mass is 9.96. The van der Waals surface area contributed by atoms with Crippen molar-refractivity contribution < 1.29 is 4.74 Å². The molecule has 0 bridgehead atoms. The van der Waals surface area contributed by atoms with E-state index in [1.807, 2.05) is 42.5 Å². The number of nitrogens with one attached hydrogen (secondary N) is 1. The summed E-state index contributed by atoms with van der Waals surface area (Å²) in [5, 5.41) is 4.96. The van der Waals surface area contributed by atoms with Gasteiger partial charge in [0, 0.05) is 10.4 Å². The van der Waals surface area contributed by atoms with Crippen LogP contribution in [0.25, 0.3) is 10.9 Å². The molecule has 1 N–H and O–H groups in total. The first-order valence-corrected chi connectivity index (χ1v) is 9.34. The average molecular weight is 390 g/mol. The summed E-state index contributed by atoms with van der Waals surface area (Å²) in [6.07, 6.45) is 5.70. The van der Waals surface area contributed by atoms with Crippen molar-refractivity contribution in [1.29, 1.82) is 0 Å². The number of aromatic nitrogens is 4. The topological polar surface area (TPSA) is 72.8 Å². The maximum atomic E-state index is 6.16. The summed E-state index contributed by atoms with van der Waals surface area (Å²) in [6, 6.07) is 13.6. The van der Waals surface area contributed by atoms with E-state index in [-0.39, 0.29) is 5.92 Å². The smallest absolute Gasteiger partial charge is 0.142 e. The molecule has 28 heavy (non-hydrogen) atoms. The SMILES string of the molecule is Clc1ccc2c(c1)CC(c1nc(Nc3cncnc3)c3ccccc3n1)CO2. The Morgan fingerprint density at radius 3 is 2.79 bits per heavy atom. The Hall–Kier alpha value is -3.25. The lowest BCUT2D eigenvalue weighted by molar-refractivity contribution is 0.258. The van der Waals surface area contributed by atoms with Gasteiger partial charge in [0.15, 0.2) is 0 Å². The second kappa shape index (κ2) is 7.05. The molecule has 0 saturated carbocycles. The molecule has 2 aromatic heterocycles. The molecule has 0 spiro atoms. The van der Waals surface area contributed by atoms with Crippen LogP contribution in [0.4, 0.5) is 11.5 Å². The summed E-state index contributed by atoms with van der Waals surface area (Å²) in [6.45, 7) is 0.529. The summed E-state index contributed by atoms with van der Waals surface area (Å²) >= 11 is 6.16. The fourth-order valence-corrected chi connectivity index (χ4v) is 3.60. The van der Waals surface area contributed by atoms with Crippen LogP contribution in [0.3, 0.4) is 0 Å². The van der Waals surface area contributed by atoms with E-state index < -0.39 is 0 Å². The Kier molecular flexibility index (Phi) is 4.25. The van der Waals surface area contributed by atoms with Crippen LogP contribution in [0.15, 0.2) is 61.2 Å². The van der Waals surface area contributed by atoms with Crippen LogP contribution in [0.5, 0.6) is 5.75 Å². The zero-order valence-corrected chi connectivity index (χ0v) is 15.6. The minimum absolute atomic E-state index is 0.0446. The molecule has 1 aliphatic rings. The van der Waals surface area contributed by atoms with Gasteiger partial charge in [-0.1, -0.05) is 23.7 Å². The third-order valence-electron chi connectivity index (χ3n) is 4.74. The number of para-hydroxylation sites is 1. The Balaban J connectivity index is 1.55. The van der Waals surface area contributed by atoms with Gasteiger partial charge in [-0.3, -0.25) is 0 Å². The summed E-state index contributed by atoms with van der Waals surface area (Å²) in [4.78, 5) is 17.7. The van der Waals surface area contributed by atoms with Crippen molar-refractivity contribution in [3.63, 3.8) is 0 Å². The fourth-order valence-electron chi connectivity index (χ4n) is 3.40. The molecule has 1 unspecified atom stereocenters. The van der Waals surface area contributed by atoms with Crippen LogP contribution >= 0.6 is 11.6 Å². The van der Waals surface area contributed by atoms with Crippen LogP contribution in [0.2, 0.25) is 5.02 Å². The Morgan fingerprint density at radius 2 is 1.89 bits per heavy atom. The monoisotopic (exact) mass is 389 g/mol. The molecule has 0 radical (unpaired) electrons. The maximum Gasteiger partial charge on any atom is 0.142 e. The standard InChI is InChI=1S/C21H16ClN5O/c22-15-5-6-19-13(8-15)7-14(11-28-19)20-26-18-4-2-1-3-17(18)21(27-20)25-16-9-23-12-24-10-16/h1-6,8-10,12,14H,7,11H2,(H,25,26,27). The van der Waals surface area contributed by atoms with E-state index >= 15 is 0 Å². The van der Waals surface area contributed by atoms with E-state index in [1.165, 1.54) is 6.33 Å². The van der Waals surface area contributed by atoms with Gasteiger partial charge in [0.2, 0.25) is 0 Å². The van der Waals surface area contributed by atoms with Gasteiger partial charge in [0.05, 0.1) is 36.1 Å². The van der Waals surface area contributed by atoms with Crippen molar-refractivity contribution in [2.24, 2.45) is 0 Å². The van der Waals surface area contributed by atoms with Gasteiger partial charge < -0.3 is 10.1 Å². The highest BCUT2D eigenvalue weighted by Crippen LogP contribution is 2.34.